The third-order valence-corrected chi connectivity index (χ3v) is 5.87. The van der Waals surface area contributed by atoms with Gasteiger partial charge in [0.15, 0.2) is 5.69 Å². The van der Waals surface area contributed by atoms with Gasteiger partial charge < -0.3 is 10.2 Å². The molecule has 0 atom stereocenters. The van der Waals surface area contributed by atoms with Gasteiger partial charge in [-0.2, -0.15) is 13.7 Å². The number of nitrogens with zero attached hydrogens (tertiary/aromatic N) is 6. The molecule has 27 heavy (non-hydrogen) atoms. The molecule has 2 aromatic rings. The first-order chi connectivity index (χ1) is 13.0. The van der Waals surface area contributed by atoms with Crippen LogP contribution in [0.5, 0.6) is 0 Å². The van der Waals surface area contributed by atoms with Crippen molar-refractivity contribution < 1.29 is 8.42 Å². The number of aromatic nitrogens is 2. The minimum absolute atomic E-state index is 0.206. The van der Waals surface area contributed by atoms with E-state index in [0.717, 1.165) is 32.0 Å². The van der Waals surface area contributed by atoms with E-state index in [1.54, 1.807) is 30.5 Å². The standard InChI is InChI=1S/C17H17N7O2S/c18-9-13-10-20-17(11-19-13)24-7-5-23(6-8-24)12-16-21-14-3-1-2-4-15(14)27(25,26)22-16/h1-4,10-11H,5-8,12H2,(H,21,22). The summed E-state index contributed by atoms with van der Waals surface area (Å²) in [7, 11) is -3.66. The quantitative estimate of drug-likeness (QED) is 0.823. The van der Waals surface area contributed by atoms with E-state index < -0.39 is 10.0 Å². The molecule has 1 fully saturated rings. The van der Waals surface area contributed by atoms with Crippen molar-refractivity contribution in [3.63, 3.8) is 0 Å². The van der Waals surface area contributed by atoms with Gasteiger partial charge in [-0.3, -0.25) is 4.90 Å². The van der Waals surface area contributed by atoms with Crippen LogP contribution in [0.15, 0.2) is 46.0 Å². The molecule has 138 valence electrons. The molecule has 0 aliphatic carbocycles. The molecule has 10 heteroatoms. The molecule has 1 saturated heterocycles. The first-order valence-corrected chi connectivity index (χ1v) is 9.88. The lowest BCUT2D eigenvalue weighted by atomic mass is 10.3. The molecule has 0 radical (unpaired) electrons. The van der Waals surface area contributed by atoms with Crippen LogP contribution in [-0.4, -0.2) is 61.8 Å². The van der Waals surface area contributed by atoms with Crippen LogP contribution in [0, 0.1) is 11.3 Å². The Morgan fingerprint density at radius 1 is 1.11 bits per heavy atom. The Labute approximate surface area is 157 Å². The number of fused-ring (bicyclic) bond motifs is 1. The van der Waals surface area contributed by atoms with Crippen LogP contribution in [-0.2, 0) is 10.0 Å². The zero-order chi connectivity index (χ0) is 18.9. The maximum Gasteiger partial charge on any atom is 0.286 e. The molecule has 2 aliphatic heterocycles. The summed E-state index contributed by atoms with van der Waals surface area (Å²) in [6.07, 6.45) is 3.06. The molecule has 1 aromatic carbocycles. The summed E-state index contributed by atoms with van der Waals surface area (Å²) in [4.78, 5) is 12.8. The van der Waals surface area contributed by atoms with Gasteiger partial charge in [0, 0.05) is 26.2 Å². The monoisotopic (exact) mass is 383 g/mol. The summed E-state index contributed by atoms with van der Waals surface area (Å²) >= 11 is 0. The lowest BCUT2D eigenvalue weighted by molar-refractivity contribution is 0.291. The number of hydrogen-bond acceptors (Lipinski definition) is 8. The molecule has 0 unspecified atom stereocenters. The molecule has 0 bridgehead atoms. The van der Waals surface area contributed by atoms with Crippen LogP contribution >= 0.6 is 0 Å². The molecule has 0 spiro atoms. The van der Waals surface area contributed by atoms with Crippen LogP contribution in [0.3, 0.4) is 0 Å². The number of amidine groups is 1. The van der Waals surface area contributed by atoms with Gasteiger partial charge in [-0.05, 0) is 12.1 Å². The van der Waals surface area contributed by atoms with Crippen LogP contribution in [0.4, 0.5) is 11.5 Å². The molecule has 2 aliphatic rings. The van der Waals surface area contributed by atoms with Gasteiger partial charge in [0.1, 0.15) is 22.6 Å². The van der Waals surface area contributed by atoms with Crippen LogP contribution in [0.25, 0.3) is 0 Å². The maximum atomic E-state index is 12.3. The van der Waals surface area contributed by atoms with E-state index in [-0.39, 0.29) is 4.90 Å². The second kappa shape index (κ2) is 6.94. The van der Waals surface area contributed by atoms with Gasteiger partial charge >= 0.3 is 0 Å². The fraction of sp³-hybridized carbons (Fsp3) is 0.294. The van der Waals surface area contributed by atoms with Crippen molar-refractivity contribution in [1.29, 1.82) is 5.26 Å². The number of para-hydroxylation sites is 1. The van der Waals surface area contributed by atoms with E-state index in [0.29, 0.717) is 23.8 Å². The van der Waals surface area contributed by atoms with Crippen molar-refractivity contribution in [3.8, 4) is 6.07 Å². The van der Waals surface area contributed by atoms with Crippen LogP contribution < -0.4 is 10.2 Å². The summed E-state index contributed by atoms with van der Waals surface area (Å²) in [6, 6.07) is 8.72. The van der Waals surface area contributed by atoms with Gasteiger partial charge in [0.25, 0.3) is 10.0 Å². The van der Waals surface area contributed by atoms with Crippen LogP contribution in [0.2, 0.25) is 0 Å². The number of sulfonamides is 1. The zero-order valence-corrected chi connectivity index (χ0v) is 15.2. The molecule has 3 heterocycles. The highest BCUT2D eigenvalue weighted by Crippen LogP contribution is 2.26. The molecule has 0 saturated carbocycles. The Bertz CT molecular complexity index is 1020. The van der Waals surface area contributed by atoms with E-state index in [2.05, 4.69) is 29.5 Å². The third kappa shape index (κ3) is 3.60. The van der Waals surface area contributed by atoms with Crippen LogP contribution in [0.1, 0.15) is 5.69 Å². The van der Waals surface area contributed by atoms with Crippen molar-refractivity contribution in [3.05, 3.63) is 42.4 Å². The maximum absolute atomic E-state index is 12.3. The van der Waals surface area contributed by atoms with Gasteiger partial charge in [0.05, 0.1) is 24.6 Å². The smallest absolute Gasteiger partial charge is 0.286 e. The number of piperazine rings is 1. The van der Waals surface area contributed by atoms with Crippen molar-refractivity contribution >= 4 is 27.4 Å². The summed E-state index contributed by atoms with van der Waals surface area (Å²) in [5.41, 5.74) is 0.856. The summed E-state index contributed by atoms with van der Waals surface area (Å²) in [6.45, 7) is 3.38. The average molecular weight is 383 g/mol. The van der Waals surface area contributed by atoms with Gasteiger partial charge in [-0.15, -0.1) is 4.40 Å². The number of nitrogens with one attached hydrogen (secondary N) is 1. The van der Waals surface area contributed by atoms with Gasteiger partial charge in [-0.1, -0.05) is 12.1 Å². The minimum Gasteiger partial charge on any atom is -0.353 e. The largest absolute Gasteiger partial charge is 0.353 e. The van der Waals surface area contributed by atoms with Gasteiger partial charge in [0.2, 0.25) is 0 Å². The van der Waals surface area contributed by atoms with E-state index in [1.807, 2.05) is 6.07 Å². The van der Waals surface area contributed by atoms with E-state index in [9.17, 15) is 8.42 Å². The molecule has 1 aromatic heterocycles. The molecule has 4 rings (SSSR count). The van der Waals surface area contributed by atoms with Crippen molar-refractivity contribution in [2.75, 3.05) is 42.9 Å². The lowest BCUT2D eigenvalue weighted by Crippen LogP contribution is -2.49. The topological polar surface area (TPSA) is 115 Å². The number of benzene rings is 1. The molecular formula is C17H17N7O2S. The molecular weight excluding hydrogens is 366 g/mol. The Morgan fingerprint density at radius 2 is 1.89 bits per heavy atom. The fourth-order valence-corrected chi connectivity index (χ4v) is 4.26. The second-order valence-electron chi connectivity index (χ2n) is 6.27. The summed E-state index contributed by atoms with van der Waals surface area (Å²) in [5, 5.41) is 11.9. The summed E-state index contributed by atoms with van der Waals surface area (Å²) in [5.74, 6) is 1.17. The second-order valence-corrected chi connectivity index (χ2v) is 7.84. The Kier molecular flexibility index (Phi) is 4.47. The first-order valence-electron chi connectivity index (χ1n) is 8.44. The number of anilines is 2. The molecule has 1 N–H and O–H groups in total. The lowest BCUT2D eigenvalue weighted by Gasteiger charge is -2.35. The Morgan fingerprint density at radius 3 is 2.59 bits per heavy atom. The zero-order valence-electron chi connectivity index (χ0n) is 14.4. The van der Waals surface area contributed by atoms with E-state index in [1.165, 1.54) is 6.20 Å². The third-order valence-electron chi connectivity index (χ3n) is 4.50. The van der Waals surface area contributed by atoms with Crippen molar-refractivity contribution in [2.24, 2.45) is 4.40 Å². The highest BCUT2D eigenvalue weighted by Gasteiger charge is 2.26. The predicted octanol–water partition coefficient (Wildman–Crippen LogP) is 0.683. The SMILES string of the molecule is N#Cc1cnc(N2CCN(CC3=NS(=O)(=O)c4ccccc4N3)CC2)cn1. The highest BCUT2D eigenvalue weighted by atomic mass is 32.2. The van der Waals surface area contributed by atoms with Crippen molar-refractivity contribution in [2.45, 2.75) is 4.90 Å². The van der Waals surface area contributed by atoms with E-state index >= 15 is 0 Å². The Hall–Kier alpha value is -3.03. The number of hydrogen-bond donors (Lipinski definition) is 1. The molecule has 0 amide bonds. The predicted molar refractivity (Wildman–Crippen MR) is 100 cm³/mol. The highest BCUT2D eigenvalue weighted by molar-refractivity contribution is 7.90. The van der Waals surface area contributed by atoms with Crippen molar-refractivity contribution in [1.82, 2.24) is 14.9 Å². The molecule has 9 nitrogen and oxygen atoms in total. The summed E-state index contributed by atoms with van der Waals surface area (Å²) < 4.78 is 28.6. The minimum atomic E-state index is -3.66. The number of nitriles is 1. The van der Waals surface area contributed by atoms with Gasteiger partial charge in [-0.25, -0.2) is 9.97 Å². The normalized spacial score (nSPS) is 18.8. The first kappa shape index (κ1) is 17.4. The Balaban J connectivity index is 1.40. The average Bonchev–Trinajstić information content (AvgIpc) is 2.68. The number of rotatable bonds is 3. The fourth-order valence-electron chi connectivity index (χ4n) is 3.12. The van der Waals surface area contributed by atoms with E-state index in [4.69, 9.17) is 5.26 Å².